The predicted octanol–water partition coefficient (Wildman–Crippen LogP) is 4.49. The maximum atomic E-state index is 13.1. The van der Waals surface area contributed by atoms with Crippen molar-refractivity contribution < 1.29 is 18.3 Å². The Hall–Kier alpha value is -3.12. The Kier molecular flexibility index (Phi) is 5.25. The maximum Gasteiger partial charge on any atom is 0.336 e. The van der Waals surface area contributed by atoms with Gasteiger partial charge in [-0.25, -0.2) is 13.2 Å². The SMILES string of the molecule is Cc1ccc(S(=O)(=O)N(C)c2ccc(-c3ccccc3)cc2)c(C)c1C(=O)O. The Labute approximate surface area is 164 Å². The van der Waals surface area contributed by atoms with E-state index in [2.05, 4.69) is 0 Å². The first-order chi connectivity index (χ1) is 13.2. The van der Waals surface area contributed by atoms with Crippen molar-refractivity contribution in [1.29, 1.82) is 0 Å². The molecule has 3 aromatic carbocycles. The number of carboxylic acids is 1. The third-order valence-corrected chi connectivity index (χ3v) is 6.74. The molecule has 0 bridgehead atoms. The Morgan fingerprint density at radius 3 is 2.00 bits per heavy atom. The maximum absolute atomic E-state index is 13.1. The summed E-state index contributed by atoms with van der Waals surface area (Å²) in [6.07, 6.45) is 0. The average Bonchev–Trinajstić information content (AvgIpc) is 2.67. The highest BCUT2D eigenvalue weighted by atomic mass is 32.2. The number of nitrogens with zero attached hydrogens (tertiary/aromatic N) is 1. The number of aryl methyl sites for hydroxylation is 1. The topological polar surface area (TPSA) is 74.7 Å². The quantitative estimate of drug-likeness (QED) is 0.690. The van der Waals surface area contributed by atoms with E-state index in [0.717, 1.165) is 11.1 Å². The van der Waals surface area contributed by atoms with Gasteiger partial charge in [-0.1, -0.05) is 48.5 Å². The van der Waals surface area contributed by atoms with Gasteiger partial charge in [-0.05, 0) is 54.3 Å². The molecule has 3 aromatic rings. The van der Waals surface area contributed by atoms with Crippen LogP contribution in [0, 0.1) is 13.8 Å². The van der Waals surface area contributed by atoms with Gasteiger partial charge in [0, 0.05) is 7.05 Å². The van der Waals surface area contributed by atoms with Gasteiger partial charge in [-0.2, -0.15) is 0 Å². The minimum atomic E-state index is -3.90. The zero-order valence-corrected chi connectivity index (χ0v) is 16.7. The molecule has 0 aliphatic carbocycles. The first-order valence-electron chi connectivity index (χ1n) is 8.71. The largest absolute Gasteiger partial charge is 0.478 e. The van der Waals surface area contributed by atoms with E-state index in [9.17, 15) is 18.3 Å². The second kappa shape index (κ2) is 7.48. The molecule has 28 heavy (non-hydrogen) atoms. The zero-order valence-electron chi connectivity index (χ0n) is 15.9. The van der Waals surface area contributed by atoms with Crippen LogP contribution < -0.4 is 4.31 Å². The van der Waals surface area contributed by atoms with Crippen molar-refractivity contribution in [1.82, 2.24) is 0 Å². The molecule has 3 rings (SSSR count). The fourth-order valence-electron chi connectivity index (χ4n) is 3.22. The number of sulfonamides is 1. The molecule has 0 fully saturated rings. The van der Waals surface area contributed by atoms with E-state index < -0.39 is 16.0 Å². The molecule has 0 unspecified atom stereocenters. The highest BCUT2D eigenvalue weighted by Gasteiger charge is 2.26. The normalized spacial score (nSPS) is 11.2. The number of anilines is 1. The molecule has 1 N–H and O–H groups in total. The monoisotopic (exact) mass is 395 g/mol. The molecule has 0 aliphatic heterocycles. The summed E-state index contributed by atoms with van der Waals surface area (Å²) in [7, 11) is -2.44. The lowest BCUT2D eigenvalue weighted by Crippen LogP contribution is -2.27. The van der Waals surface area contributed by atoms with Gasteiger partial charge in [0.1, 0.15) is 0 Å². The molecule has 0 aliphatic rings. The molecule has 0 saturated heterocycles. The van der Waals surface area contributed by atoms with Crippen molar-refractivity contribution in [3.8, 4) is 11.1 Å². The number of aromatic carboxylic acids is 1. The van der Waals surface area contributed by atoms with Crippen LogP contribution in [0.15, 0.2) is 71.6 Å². The van der Waals surface area contributed by atoms with Crippen molar-refractivity contribution in [3.63, 3.8) is 0 Å². The lowest BCUT2D eigenvalue weighted by molar-refractivity contribution is 0.0695. The lowest BCUT2D eigenvalue weighted by Gasteiger charge is -2.22. The summed E-state index contributed by atoms with van der Waals surface area (Å²) in [5.74, 6) is -1.14. The van der Waals surface area contributed by atoms with Crippen LogP contribution in [0.3, 0.4) is 0 Å². The molecule has 0 radical (unpaired) electrons. The van der Waals surface area contributed by atoms with E-state index in [1.165, 1.54) is 30.4 Å². The molecule has 0 aromatic heterocycles. The molecule has 5 nitrogen and oxygen atoms in total. The van der Waals surface area contributed by atoms with Crippen LogP contribution in [-0.2, 0) is 10.0 Å². The van der Waals surface area contributed by atoms with Crippen LogP contribution in [-0.4, -0.2) is 26.5 Å². The number of benzene rings is 3. The number of hydrogen-bond acceptors (Lipinski definition) is 3. The minimum Gasteiger partial charge on any atom is -0.478 e. The predicted molar refractivity (Wildman–Crippen MR) is 110 cm³/mol. The van der Waals surface area contributed by atoms with E-state index in [4.69, 9.17) is 0 Å². The van der Waals surface area contributed by atoms with E-state index in [1.807, 2.05) is 42.5 Å². The molecule has 144 valence electrons. The summed E-state index contributed by atoms with van der Waals surface area (Å²) in [5, 5.41) is 9.42. The third kappa shape index (κ3) is 3.51. The van der Waals surface area contributed by atoms with E-state index in [1.54, 1.807) is 19.1 Å². The third-order valence-electron chi connectivity index (χ3n) is 4.81. The highest BCUT2D eigenvalue weighted by Crippen LogP contribution is 2.29. The number of rotatable bonds is 5. The summed E-state index contributed by atoms with van der Waals surface area (Å²) in [6.45, 7) is 3.18. The first-order valence-corrected chi connectivity index (χ1v) is 10.2. The van der Waals surface area contributed by atoms with Gasteiger partial charge >= 0.3 is 5.97 Å². The van der Waals surface area contributed by atoms with Crippen LogP contribution in [0.25, 0.3) is 11.1 Å². The van der Waals surface area contributed by atoms with E-state index in [-0.39, 0.29) is 16.0 Å². The van der Waals surface area contributed by atoms with Crippen molar-refractivity contribution in [2.45, 2.75) is 18.7 Å². The van der Waals surface area contributed by atoms with Crippen LogP contribution in [0.4, 0.5) is 5.69 Å². The smallest absolute Gasteiger partial charge is 0.336 e. The summed E-state index contributed by atoms with van der Waals surface area (Å²) in [5.41, 5.74) is 3.30. The van der Waals surface area contributed by atoms with Gasteiger partial charge < -0.3 is 5.11 Å². The summed E-state index contributed by atoms with van der Waals surface area (Å²) >= 11 is 0. The minimum absolute atomic E-state index is 0.00913. The molecular weight excluding hydrogens is 374 g/mol. The van der Waals surface area contributed by atoms with Crippen LogP contribution >= 0.6 is 0 Å². The molecule has 0 heterocycles. The number of hydrogen-bond donors (Lipinski definition) is 1. The van der Waals surface area contributed by atoms with Crippen molar-refractivity contribution in [3.05, 3.63) is 83.4 Å². The summed E-state index contributed by atoms with van der Waals surface area (Å²) in [6, 6.07) is 20.0. The van der Waals surface area contributed by atoms with E-state index in [0.29, 0.717) is 11.3 Å². The van der Waals surface area contributed by atoms with Crippen molar-refractivity contribution in [2.24, 2.45) is 0 Å². The molecule has 0 saturated carbocycles. The second-order valence-electron chi connectivity index (χ2n) is 6.57. The van der Waals surface area contributed by atoms with Gasteiger partial charge in [0.05, 0.1) is 16.1 Å². The Morgan fingerprint density at radius 1 is 0.857 bits per heavy atom. The molecular formula is C22H21NO4S. The van der Waals surface area contributed by atoms with Crippen molar-refractivity contribution >= 4 is 21.7 Å². The molecule has 0 atom stereocenters. The number of carbonyl (C=O) groups is 1. The standard InChI is InChI=1S/C22H21NO4S/c1-15-9-14-20(16(2)21(15)22(24)25)28(26,27)23(3)19-12-10-18(11-13-19)17-7-5-4-6-8-17/h4-14H,1-3H3,(H,24,25). The Morgan fingerprint density at radius 2 is 1.43 bits per heavy atom. The fourth-order valence-corrected chi connectivity index (χ4v) is 4.64. The van der Waals surface area contributed by atoms with Crippen molar-refractivity contribution in [2.75, 3.05) is 11.4 Å². The van der Waals surface area contributed by atoms with Gasteiger partial charge in [0.2, 0.25) is 0 Å². The van der Waals surface area contributed by atoms with Gasteiger partial charge in [-0.3, -0.25) is 4.31 Å². The van der Waals surface area contributed by atoms with Crippen LogP contribution in [0.1, 0.15) is 21.5 Å². The summed E-state index contributed by atoms with van der Waals surface area (Å²) < 4.78 is 27.4. The molecule has 6 heteroatoms. The van der Waals surface area contributed by atoms with Crippen LogP contribution in [0.2, 0.25) is 0 Å². The number of carboxylic acid groups (broad SMARTS) is 1. The molecule has 0 amide bonds. The van der Waals surface area contributed by atoms with Crippen LogP contribution in [0.5, 0.6) is 0 Å². The van der Waals surface area contributed by atoms with E-state index >= 15 is 0 Å². The van der Waals surface area contributed by atoms with Gasteiger partial charge in [0.15, 0.2) is 0 Å². The molecule has 0 spiro atoms. The Bertz CT molecular complexity index is 1120. The lowest BCUT2D eigenvalue weighted by atomic mass is 10.0. The van der Waals surface area contributed by atoms with Gasteiger partial charge in [-0.15, -0.1) is 0 Å². The average molecular weight is 395 g/mol. The highest BCUT2D eigenvalue weighted by molar-refractivity contribution is 7.92. The summed E-state index contributed by atoms with van der Waals surface area (Å²) in [4.78, 5) is 11.5. The second-order valence-corrected chi connectivity index (χ2v) is 8.51. The fraction of sp³-hybridized carbons (Fsp3) is 0.136. The first kappa shape index (κ1) is 19.6. The van der Waals surface area contributed by atoms with Gasteiger partial charge in [0.25, 0.3) is 10.0 Å². The zero-order chi connectivity index (χ0) is 20.5. The Balaban J connectivity index is 1.99.